The van der Waals surface area contributed by atoms with Gasteiger partial charge in [0.25, 0.3) is 5.91 Å². The molecule has 0 spiro atoms. The van der Waals surface area contributed by atoms with Crippen LogP contribution >= 0.6 is 24.0 Å². The number of fused-ring (bicyclic) bond motifs is 1. The Morgan fingerprint density at radius 2 is 1.82 bits per heavy atom. The third-order valence-electron chi connectivity index (χ3n) is 6.60. The molecule has 204 valence electrons. The van der Waals surface area contributed by atoms with Gasteiger partial charge in [0.05, 0.1) is 11.1 Å². The maximum atomic E-state index is 13.1. The van der Waals surface area contributed by atoms with Crippen molar-refractivity contribution in [3.8, 4) is 0 Å². The first-order valence-electron chi connectivity index (χ1n) is 12.2. The highest BCUT2D eigenvalue weighted by atomic mass is 35.5. The molecular weight excluding hydrogens is 533 g/mol. The first kappa shape index (κ1) is 29.3. The van der Waals surface area contributed by atoms with Crippen molar-refractivity contribution in [1.82, 2.24) is 30.8 Å². The quantitative estimate of drug-likeness (QED) is 0.401. The molecule has 4 N–H and O–H groups in total. The van der Waals surface area contributed by atoms with Crippen LogP contribution in [-0.2, 0) is 27.3 Å². The first-order chi connectivity index (χ1) is 17.7. The van der Waals surface area contributed by atoms with Crippen LogP contribution in [0.4, 0.5) is 5.82 Å². The highest BCUT2D eigenvalue weighted by Crippen LogP contribution is 2.27. The lowest BCUT2D eigenvalue weighted by Crippen LogP contribution is -2.57. The first-order valence-corrected chi connectivity index (χ1v) is 12.5. The molecule has 1 fully saturated rings. The van der Waals surface area contributed by atoms with Crippen LogP contribution < -0.4 is 21.3 Å². The van der Waals surface area contributed by atoms with Gasteiger partial charge in [0.2, 0.25) is 5.91 Å². The van der Waals surface area contributed by atoms with Gasteiger partial charge in [0.1, 0.15) is 11.5 Å². The van der Waals surface area contributed by atoms with Gasteiger partial charge in [-0.1, -0.05) is 17.7 Å². The topological polar surface area (TPSA) is 145 Å². The molecule has 1 saturated carbocycles. The molecule has 3 atom stereocenters. The minimum absolute atomic E-state index is 0. The average Bonchev–Trinajstić information content (AvgIpc) is 2.90. The van der Waals surface area contributed by atoms with Crippen molar-refractivity contribution in [3.05, 3.63) is 52.4 Å². The Hall–Kier alpha value is -3.28. The summed E-state index contributed by atoms with van der Waals surface area (Å²) in [6.07, 6.45) is 3.34. The maximum absolute atomic E-state index is 13.1. The van der Waals surface area contributed by atoms with Crippen LogP contribution in [0.3, 0.4) is 0 Å². The largest absolute Gasteiger partial charge is 0.349 e. The normalized spacial score (nSPS) is 20.2. The van der Waals surface area contributed by atoms with E-state index in [1.807, 2.05) is 6.07 Å². The summed E-state index contributed by atoms with van der Waals surface area (Å²) in [4.78, 5) is 61.0. The third-order valence-corrected chi connectivity index (χ3v) is 6.83. The van der Waals surface area contributed by atoms with E-state index in [1.165, 1.54) is 17.2 Å². The Labute approximate surface area is 231 Å². The Kier molecular flexibility index (Phi) is 10.0. The second-order valence-corrected chi connectivity index (χ2v) is 9.88. The fourth-order valence-electron chi connectivity index (χ4n) is 4.66. The van der Waals surface area contributed by atoms with Gasteiger partial charge in [0, 0.05) is 57.5 Å². The number of anilines is 1. The second-order valence-electron chi connectivity index (χ2n) is 9.45. The number of carbonyl (C=O) groups is 4. The molecule has 38 heavy (non-hydrogen) atoms. The Bertz CT molecular complexity index is 1190. The van der Waals surface area contributed by atoms with E-state index in [0.29, 0.717) is 30.8 Å². The zero-order valence-electron chi connectivity index (χ0n) is 21.1. The molecule has 1 aliphatic carbocycles. The molecule has 13 heteroatoms. The molecule has 1 aliphatic heterocycles. The molecule has 0 radical (unpaired) electrons. The summed E-state index contributed by atoms with van der Waals surface area (Å²) in [6, 6.07) is 5.47. The molecule has 0 bridgehead atoms. The number of hydrogen-bond acceptors (Lipinski definition) is 7. The second kappa shape index (κ2) is 13.0. The van der Waals surface area contributed by atoms with E-state index in [2.05, 4.69) is 31.2 Å². The summed E-state index contributed by atoms with van der Waals surface area (Å²) in [5.74, 6) is -2.33. The highest BCUT2D eigenvalue weighted by molar-refractivity contribution is 6.39. The van der Waals surface area contributed by atoms with Crippen LogP contribution in [0, 0.1) is 5.92 Å². The summed E-state index contributed by atoms with van der Waals surface area (Å²) < 4.78 is 0. The lowest BCUT2D eigenvalue weighted by Gasteiger charge is -2.37. The van der Waals surface area contributed by atoms with Crippen molar-refractivity contribution in [3.63, 3.8) is 0 Å². The Morgan fingerprint density at radius 1 is 1.03 bits per heavy atom. The molecule has 11 nitrogen and oxygen atoms in total. The van der Waals surface area contributed by atoms with Gasteiger partial charge < -0.3 is 26.2 Å². The fourth-order valence-corrected chi connectivity index (χ4v) is 4.77. The molecule has 4 rings (SSSR count). The van der Waals surface area contributed by atoms with Crippen molar-refractivity contribution in [2.45, 2.75) is 44.3 Å². The number of nitrogens with zero attached hydrogens (tertiary/aromatic N) is 3. The molecule has 0 saturated heterocycles. The minimum atomic E-state index is -0.892. The van der Waals surface area contributed by atoms with Crippen molar-refractivity contribution in [1.29, 1.82) is 0 Å². The number of aromatic nitrogens is 2. The molecule has 3 heterocycles. The van der Waals surface area contributed by atoms with Gasteiger partial charge in [-0.15, -0.1) is 12.4 Å². The van der Waals surface area contributed by atoms with E-state index < -0.39 is 29.8 Å². The zero-order valence-corrected chi connectivity index (χ0v) is 22.7. The average molecular weight is 564 g/mol. The predicted molar refractivity (Wildman–Crippen MR) is 144 cm³/mol. The predicted octanol–water partition coefficient (Wildman–Crippen LogP) is 1.31. The van der Waals surface area contributed by atoms with Crippen LogP contribution in [0.25, 0.3) is 0 Å². The molecule has 2 aromatic heterocycles. The van der Waals surface area contributed by atoms with E-state index in [9.17, 15) is 19.2 Å². The van der Waals surface area contributed by atoms with E-state index in [1.54, 1.807) is 26.2 Å². The van der Waals surface area contributed by atoms with Crippen LogP contribution in [0.5, 0.6) is 0 Å². The summed E-state index contributed by atoms with van der Waals surface area (Å²) in [5, 5.41) is 11.8. The molecule has 4 amide bonds. The van der Waals surface area contributed by atoms with Crippen molar-refractivity contribution < 1.29 is 19.2 Å². The van der Waals surface area contributed by atoms with Gasteiger partial charge in [-0.2, -0.15) is 0 Å². The lowest BCUT2D eigenvalue weighted by atomic mass is 9.81. The summed E-state index contributed by atoms with van der Waals surface area (Å²) >= 11 is 5.81. The van der Waals surface area contributed by atoms with Gasteiger partial charge in [-0.25, -0.2) is 9.97 Å². The number of rotatable bonds is 5. The van der Waals surface area contributed by atoms with Crippen LogP contribution in [0.1, 0.15) is 41.0 Å². The van der Waals surface area contributed by atoms with Crippen LogP contribution in [0.15, 0.2) is 30.5 Å². The van der Waals surface area contributed by atoms with Gasteiger partial charge in [-0.05, 0) is 43.0 Å². The van der Waals surface area contributed by atoms with E-state index in [4.69, 9.17) is 11.6 Å². The zero-order chi connectivity index (χ0) is 26.5. The van der Waals surface area contributed by atoms with Crippen LogP contribution in [-0.4, -0.2) is 71.2 Å². The van der Waals surface area contributed by atoms with Gasteiger partial charge in [-0.3, -0.25) is 19.2 Å². The minimum Gasteiger partial charge on any atom is -0.349 e. The highest BCUT2D eigenvalue weighted by Gasteiger charge is 2.37. The number of pyridine rings is 2. The Morgan fingerprint density at radius 3 is 2.53 bits per heavy atom. The van der Waals surface area contributed by atoms with Crippen molar-refractivity contribution in [2.24, 2.45) is 5.92 Å². The van der Waals surface area contributed by atoms with Gasteiger partial charge >= 0.3 is 11.8 Å². The summed E-state index contributed by atoms with van der Waals surface area (Å²) in [7, 11) is 3.37. The summed E-state index contributed by atoms with van der Waals surface area (Å²) in [6.45, 7) is 1.51. The van der Waals surface area contributed by atoms with Crippen LogP contribution in [0.2, 0.25) is 5.02 Å². The standard InChI is InChI=1S/C25H30ClN7O4.ClH/c1-33(2)25(37)14-3-6-18(30-23(35)24(36)32-21-8-5-16(26)13-28-21)20(11-14)31-22(34)19-7-4-15-12-27-10-9-17(15)29-19;/h4-5,7-8,13-14,18,20,27H,3,6,9-12H2,1-2H3,(H,30,35)(H,31,34)(H,28,32,36);1H/t14-,18-,20+;/m0./s1. The number of carbonyl (C=O) groups excluding carboxylic acids is 4. The number of amides is 4. The lowest BCUT2D eigenvalue weighted by molar-refractivity contribution is -0.137. The monoisotopic (exact) mass is 563 g/mol. The summed E-state index contributed by atoms with van der Waals surface area (Å²) in [5.41, 5.74) is 2.22. The molecule has 2 aromatic rings. The SMILES string of the molecule is CN(C)C(=O)[C@H]1CC[C@H](NC(=O)C(=O)Nc2ccc(Cl)cn2)[C@H](NC(=O)c2ccc3c(n2)CCNC3)C1.Cl. The fraction of sp³-hybridized carbons (Fsp3) is 0.440. The smallest absolute Gasteiger partial charge is 0.314 e. The number of halogens is 2. The van der Waals surface area contributed by atoms with Crippen molar-refractivity contribution >= 4 is 53.5 Å². The third kappa shape index (κ3) is 7.18. The van der Waals surface area contributed by atoms with E-state index in [0.717, 1.165) is 24.2 Å². The van der Waals surface area contributed by atoms with E-state index >= 15 is 0 Å². The molecule has 0 unspecified atom stereocenters. The molecule has 2 aliphatic rings. The van der Waals surface area contributed by atoms with Crippen molar-refractivity contribution in [2.75, 3.05) is 26.0 Å². The number of nitrogens with one attached hydrogen (secondary N) is 4. The maximum Gasteiger partial charge on any atom is 0.314 e. The number of hydrogen-bond donors (Lipinski definition) is 4. The molecule has 0 aromatic carbocycles. The van der Waals surface area contributed by atoms with E-state index in [-0.39, 0.29) is 35.7 Å². The molecular formula is C25H31Cl2N7O4. The van der Waals surface area contributed by atoms with Gasteiger partial charge in [0.15, 0.2) is 0 Å². The Balaban J connectivity index is 0.00000400.